The molecule has 0 unspecified atom stereocenters. The van der Waals surface area contributed by atoms with E-state index in [0.717, 1.165) is 5.56 Å². The normalized spacial score (nSPS) is 11.0. The highest BCUT2D eigenvalue weighted by Crippen LogP contribution is 2.21. The zero-order chi connectivity index (χ0) is 19.4. The summed E-state index contributed by atoms with van der Waals surface area (Å²) in [6.07, 6.45) is 0.446. The second-order valence-electron chi connectivity index (χ2n) is 6.34. The van der Waals surface area contributed by atoms with Gasteiger partial charge in [0.15, 0.2) is 0 Å². The van der Waals surface area contributed by atoms with Gasteiger partial charge in [0.25, 0.3) is 5.91 Å². The number of benzene rings is 2. The third-order valence-corrected chi connectivity index (χ3v) is 4.67. The van der Waals surface area contributed by atoms with Crippen molar-refractivity contribution in [1.29, 1.82) is 0 Å². The monoisotopic (exact) mass is 403 g/mol. The van der Waals surface area contributed by atoms with Crippen LogP contribution in [0.4, 0.5) is 0 Å². The molecule has 1 aromatic heterocycles. The molecule has 140 valence electrons. The molecule has 0 aliphatic rings. The Kier molecular flexibility index (Phi) is 6.14. The molecule has 1 heterocycles. The summed E-state index contributed by atoms with van der Waals surface area (Å²) >= 11 is 12.2. The first-order valence-corrected chi connectivity index (χ1v) is 9.35. The molecule has 0 aliphatic carbocycles. The molecule has 0 atom stereocenters. The second kappa shape index (κ2) is 8.55. The summed E-state index contributed by atoms with van der Waals surface area (Å²) in [5.41, 5.74) is 1.27. The summed E-state index contributed by atoms with van der Waals surface area (Å²) in [6.45, 7) is 4.36. The van der Waals surface area contributed by atoms with Gasteiger partial charge in [0.2, 0.25) is 11.7 Å². The highest BCUT2D eigenvalue weighted by Gasteiger charge is 2.21. The summed E-state index contributed by atoms with van der Waals surface area (Å²) in [5, 5.41) is 5.04. The van der Waals surface area contributed by atoms with Gasteiger partial charge in [-0.3, -0.25) is 4.79 Å². The van der Waals surface area contributed by atoms with Crippen molar-refractivity contribution in [2.24, 2.45) is 0 Å². The first-order chi connectivity index (χ1) is 13.0. The van der Waals surface area contributed by atoms with Gasteiger partial charge in [-0.05, 0) is 38.1 Å². The summed E-state index contributed by atoms with van der Waals surface area (Å²) in [5.74, 6) is 0.814. The molecule has 0 bridgehead atoms. The van der Waals surface area contributed by atoms with E-state index < -0.39 is 0 Å². The molecule has 7 heteroatoms. The molecule has 3 rings (SSSR count). The fourth-order valence-corrected chi connectivity index (χ4v) is 3.11. The molecule has 2 aromatic carbocycles. The third-order valence-electron chi connectivity index (χ3n) is 4.11. The molecule has 5 nitrogen and oxygen atoms in total. The van der Waals surface area contributed by atoms with Crippen LogP contribution < -0.4 is 0 Å². The van der Waals surface area contributed by atoms with Crippen LogP contribution >= 0.6 is 23.2 Å². The van der Waals surface area contributed by atoms with E-state index in [2.05, 4.69) is 10.1 Å². The summed E-state index contributed by atoms with van der Waals surface area (Å²) < 4.78 is 5.33. The number of hydrogen-bond acceptors (Lipinski definition) is 4. The van der Waals surface area contributed by atoms with Crippen molar-refractivity contribution in [1.82, 2.24) is 15.0 Å². The number of carbonyl (C=O) groups is 1. The SMILES string of the molecule is CC(C)N(CCc1nc(-c2cccc(Cl)c2)no1)C(=O)c1ccccc1Cl. The van der Waals surface area contributed by atoms with Crippen molar-refractivity contribution in [2.45, 2.75) is 26.3 Å². The fraction of sp³-hybridized carbons (Fsp3) is 0.250. The molecule has 1 amide bonds. The molecule has 0 fully saturated rings. The van der Waals surface area contributed by atoms with Crippen LogP contribution in [-0.2, 0) is 6.42 Å². The minimum absolute atomic E-state index is 0.00379. The zero-order valence-electron chi connectivity index (χ0n) is 15.0. The fourth-order valence-electron chi connectivity index (χ4n) is 2.70. The van der Waals surface area contributed by atoms with E-state index in [1.165, 1.54) is 0 Å². The number of halogens is 2. The van der Waals surface area contributed by atoms with Gasteiger partial charge in [0.05, 0.1) is 10.6 Å². The van der Waals surface area contributed by atoms with Crippen LogP contribution in [-0.4, -0.2) is 33.5 Å². The van der Waals surface area contributed by atoms with E-state index in [1.54, 1.807) is 41.3 Å². The summed E-state index contributed by atoms with van der Waals surface area (Å²) in [4.78, 5) is 19.0. The Balaban J connectivity index is 1.72. The van der Waals surface area contributed by atoms with E-state index in [0.29, 0.717) is 40.3 Å². The van der Waals surface area contributed by atoms with Crippen molar-refractivity contribution in [3.63, 3.8) is 0 Å². The van der Waals surface area contributed by atoms with Crippen LogP contribution in [0, 0.1) is 0 Å². The van der Waals surface area contributed by atoms with Gasteiger partial charge in [0.1, 0.15) is 0 Å². The Morgan fingerprint density at radius 2 is 1.93 bits per heavy atom. The smallest absolute Gasteiger partial charge is 0.255 e. The predicted octanol–water partition coefficient (Wildman–Crippen LogP) is 5.14. The highest BCUT2D eigenvalue weighted by molar-refractivity contribution is 6.33. The first kappa shape index (κ1) is 19.4. The van der Waals surface area contributed by atoms with Gasteiger partial charge in [-0.1, -0.05) is 52.6 Å². The number of carbonyl (C=O) groups excluding carboxylic acids is 1. The molecule has 0 spiro atoms. The first-order valence-electron chi connectivity index (χ1n) is 8.59. The number of aromatic nitrogens is 2. The number of hydrogen-bond donors (Lipinski definition) is 0. The number of nitrogens with zero attached hydrogens (tertiary/aromatic N) is 3. The Morgan fingerprint density at radius 3 is 2.63 bits per heavy atom. The summed E-state index contributed by atoms with van der Waals surface area (Å²) in [7, 11) is 0. The quantitative estimate of drug-likeness (QED) is 0.571. The summed E-state index contributed by atoms with van der Waals surface area (Å²) in [6, 6.07) is 14.3. The third kappa shape index (κ3) is 4.67. The van der Waals surface area contributed by atoms with Gasteiger partial charge >= 0.3 is 0 Å². The predicted molar refractivity (Wildman–Crippen MR) is 106 cm³/mol. The van der Waals surface area contributed by atoms with Crippen LogP contribution in [0.15, 0.2) is 53.1 Å². The van der Waals surface area contributed by atoms with Crippen LogP contribution in [0.5, 0.6) is 0 Å². The Bertz CT molecular complexity index is 940. The molecular formula is C20H19Cl2N3O2. The minimum Gasteiger partial charge on any atom is -0.339 e. The maximum absolute atomic E-state index is 12.9. The molecule has 0 N–H and O–H groups in total. The lowest BCUT2D eigenvalue weighted by molar-refractivity contribution is 0.0704. The minimum atomic E-state index is -0.120. The maximum Gasteiger partial charge on any atom is 0.255 e. The molecule has 3 aromatic rings. The molecule has 0 saturated carbocycles. The standard InChI is InChI=1S/C20H19Cl2N3O2/c1-13(2)25(20(26)16-8-3-4-9-17(16)22)11-10-18-23-19(24-27-18)14-6-5-7-15(21)12-14/h3-9,12-13H,10-11H2,1-2H3. The Hall–Kier alpha value is -2.37. The largest absolute Gasteiger partial charge is 0.339 e. The number of rotatable bonds is 6. The van der Waals surface area contributed by atoms with E-state index >= 15 is 0 Å². The Labute approximate surface area is 167 Å². The van der Waals surface area contributed by atoms with E-state index in [9.17, 15) is 4.79 Å². The zero-order valence-corrected chi connectivity index (χ0v) is 16.5. The van der Waals surface area contributed by atoms with Crippen LogP contribution in [0.25, 0.3) is 11.4 Å². The van der Waals surface area contributed by atoms with Crippen LogP contribution in [0.3, 0.4) is 0 Å². The molecule has 0 aliphatic heterocycles. The van der Waals surface area contributed by atoms with Gasteiger partial charge < -0.3 is 9.42 Å². The van der Waals surface area contributed by atoms with Gasteiger partial charge in [0, 0.05) is 29.6 Å². The molecule has 0 radical (unpaired) electrons. The lowest BCUT2D eigenvalue weighted by atomic mass is 10.1. The lowest BCUT2D eigenvalue weighted by Crippen LogP contribution is -2.38. The average molecular weight is 404 g/mol. The van der Waals surface area contributed by atoms with E-state index in [1.807, 2.05) is 26.0 Å². The van der Waals surface area contributed by atoms with E-state index in [4.69, 9.17) is 27.7 Å². The van der Waals surface area contributed by atoms with Crippen molar-refractivity contribution >= 4 is 29.1 Å². The second-order valence-corrected chi connectivity index (χ2v) is 7.19. The topological polar surface area (TPSA) is 59.2 Å². The van der Waals surface area contributed by atoms with Crippen LogP contribution in [0.1, 0.15) is 30.1 Å². The van der Waals surface area contributed by atoms with Crippen molar-refractivity contribution in [3.8, 4) is 11.4 Å². The lowest BCUT2D eigenvalue weighted by Gasteiger charge is -2.26. The van der Waals surface area contributed by atoms with Crippen molar-refractivity contribution in [3.05, 3.63) is 70.0 Å². The molecule has 27 heavy (non-hydrogen) atoms. The van der Waals surface area contributed by atoms with Gasteiger partial charge in [-0.2, -0.15) is 4.98 Å². The Morgan fingerprint density at radius 1 is 1.15 bits per heavy atom. The van der Waals surface area contributed by atoms with Gasteiger partial charge in [-0.15, -0.1) is 0 Å². The molecule has 0 saturated heterocycles. The van der Waals surface area contributed by atoms with Crippen LogP contribution in [0.2, 0.25) is 10.0 Å². The van der Waals surface area contributed by atoms with E-state index in [-0.39, 0.29) is 11.9 Å². The van der Waals surface area contributed by atoms with Crippen molar-refractivity contribution in [2.75, 3.05) is 6.54 Å². The average Bonchev–Trinajstić information content (AvgIpc) is 3.11. The van der Waals surface area contributed by atoms with Gasteiger partial charge in [-0.25, -0.2) is 0 Å². The molecular weight excluding hydrogens is 385 g/mol. The van der Waals surface area contributed by atoms with Crippen molar-refractivity contribution < 1.29 is 9.32 Å². The highest BCUT2D eigenvalue weighted by atomic mass is 35.5. The maximum atomic E-state index is 12.9. The number of amides is 1.